The van der Waals surface area contributed by atoms with Crippen LogP contribution in [-0.2, 0) is 0 Å². The lowest BCUT2D eigenvalue weighted by Crippen LogP contribution is -1.98. The van der Waals surface area contributed by atoms with Gasteiger partial charge >= 0.3 is 0 Å². The second-order valence-corrected chi connectivity index (χ2v) is 29.7. The Morgan fingerprint density at radius 2 is 0.630 bits per heavy atom. The summed E-state index contributed by atoms with van der Waals surface area (Å²) in [5.74, 6) is 1.34. The number of benzene rings is 15. The van der Waals surface area contributed by atoms with Gasteiger partial charge in [0.05, 0.1) is 33.1 Å². The Labute approximate surface area is 626 Å². The smallest absolute Gasteiger partial charge is 0.160 e. The molecule has 8 nitrogen and oxygen atoms in total. The molecule has 23 rings (SSSR count). The maximum absolute atomic E-state index is 5.32. The van der Waals surface area contributed by atoms with Crippen molar-refractivity contribution in [1.29, 1.82) is 0 Å². The second-order valence-electron chi connectivity index (χ2n) is 27.6. The maximum Gasteiger partial charge on any atom is 0.160 e. The predicted molar refractivity (Wildman–Crippen MR) is 454 cm³/mol. The minimum Gasteiger partial charge on any atom is -0.309 e. The highest BCUT2D eigenvalue weighted by molar-refractivity contribution is 7.27. The van der Waals surface area contributed by atoms with E-state index in [-0.39, 0.29) is 0 Å². The summed E-state index contributed by atoms with van der Waals surface area (Å²) in [6, 6.07) is 121. The van der Waals surface area contributed by atoms with Crippen LogP contribution < -0.4 is 0 Å². The Morgan fingerprint density at radius 3 is 1.12 bits per heavy atom. The van der Waals surface area contributed by atoms with Crippen LogP contribution in [-0.4, -0.2) is 39.0 Å². The molecule has 0 fully saturated rings. The SMILES string of the molecule is c1ccc(-c2cc(-c3ccccc3)cc(-c3nc(-c4ccc(-n5c6ccccc6c6c7c8ccccc8sc7c7ccccc7c65)cc4)nc4cccnc34)c2)cc1.c1ccc2cc(-c3nc(-c4ccc(-n5c6ccccc6c6c7c8ccccc8sc7c7ccccc7c65)cc4)nc4cccnc34)ccc2c1. The van der Waals surface area contributed by atoms with Crippen LogP contribution in [0.5, 0.6) is 0 Å². The van der Waals surface area contributed by atoms with Gasteiger partial charge in [-0.25, -0.2) is 19.9 Å². The van der Waals surface area contributed by atoms with Crippen molar-refractivity contribution in [2.75, 3.05) is 0 Å². The number of para-hydroxylation sites is 2. The summed E-state index contributed by atoms with van der Waals surface area (Å²) in [4.78, 5) is 30.1. The number of pyridine rings is 2. The number of thiophene rings is 2. The van der Waals surface area contributed by atoms with Crippen molar-refractivity contribution < 1.29 is 0 Å². The molecule has 0 amide bonds. The lowest BCUT2D eigenvalue weighted by molar-refractivity contribution is 1.18. The van der Waals surface area contributed by atoms with Crippen LogP contribution in [0.3, 0.4) is 0 Å². The van der Waals surface area contributed by atoms with Gasteiger partial charge in [0.2, 0.25) is 0 Å². The van der Waals surface area contributed by atoms with Gasteiger partial charge < -0.3 is 9.13 Å². The Kier molecular flexibility index (Phi) is 14.2. The van der Waals surface area contributed by atoms with Gasteiger partial charge in [-0.15, -0.1) is 22.7 Å². The lowest BCUT2D eigenvalue weighted by atomic mass is 9.94. The maximum atomic E-state index is 5.32. The van der Waals surface area contributed by atoms with E-state index in [1.165, 1.54) is 116 Å². The molecule has 0 spiro atoms. The summed E-state index contributed by atoms with van der Waals surface area (Å²) in [7, 11) is 0. The first-order valence-electron chi connectivity index (χ1n) is 36.3. The minimum atomic E-state index is 0.660. The molecule has 23 aromatic rings. The largest absolute Gasteiger partial charge is 0.309 e. The molecule has 0 saturated carbocycles. The highest BCUT2D eigenvalue weighted by Gasteiger charge is 2.26. The molecule has 0 radical (unpaired) electrons. The third-order valence-corrected chi connectivity index (χ3v) is 23.8. The fourth-order valence-electron chi connectivity index (χ4n) is 16.6. The molecule has 8 aromatic heterocycles. The third-order valence-electron chi connectivity index (χ3n) is 21.4. The van der Waals surface area contributed by atoms with Crippen molar-refractivity contribution in [3.8, 4) is 78.9 Å². The van der Waals surface area contributed by atoms with Gasteiger partial charge in [-0.1, -0.05) is 218 Å². The monoisotopic (exact) mass is 1410 g/mol. The van der Waals surface area contributed by atoms with Crippen molar-refractivity contribution in [1.82, 2.24) is 39.0 Å². The van der Waals surface area contributed by atoms with Crippen molar-refractivity contribution in [2.45, 2.75) is 0 Å². The van der Waals surface area contributed by atoms with E-state index in [9.17, 15) is 0 Å². The Hall–Kier alpha value is -13.9. The number of aromatic nitrogens is 8. The average Bonchev–Trinajstić information content (AvgIpc) is 1.52. The summed E-state index contributed by atoms with van der Waals surface area (Å²) < 4.78 is 10.2. The first kappa shape index (κ1) is 61.6. The van der Waals surface area contributed by atoms with Crippen LogP contribution >= 0.6 is 22.7 Å². The zero-order chi connectivity index (χ0) is 70.9. The summed E-state index contributed by atoms with van der Waals surface area (Å²) in [6.07, 6.45) is 3.64. The standard InChI is InChI=1S/C53H32N4S.C45H26N4S/c1-3-14-33(15-4-1)36-30-37(34-16-5-2-6-17-34)32-38(31-36)49-50-44(22-13-29-54-50)55-53(56-49)35-25-27-39(28-26-35)57-45-23-11-9-20-42(45)47-48-43-21-10-12-24-46(43)58-52(48)41-19-8-7-18-40(41)51(47)57;1-2-11-29-26-30(20-19-27(29)10-1)41-42-36(16-9-25-46-42)47-45(48-41)28-21-23-31(24-22-28)49-37-17-7-5-14-34(37)39-40-35-15-6-8-18-38(35)50-44(40)33-13-4-3-12-32(33)43(39)49/h1-32H;1-26H. The van der Waals surface area contributed by atoms with Crippen molar-refractivity contribution in [3.05, 3.63) is 352 Å². The highest BCUT2D eigenvalue weighted by Crippen LogP contribution is 2.51. The van der Waals surface area contributed by atoms with E-state index in [0.717, 1.165) is 89.3 Å². The molecular formula is C98H58N8S2. The van der Waals surface area contributed by atoms with Gasteiger partial charge in [0.1, 0.15) is 22.4 Å². The molecule has 0 bridgehead atoms. The number of hydrogen-bond acceptors (Lipinski definition) is 8. The lowest BCUT2D eigenvalue weighted by Gasteiger charge is -2.14. The minimum absolute atomic E-state index is 0.660. The number of nitrogens with zero attached hydrogens (tertiary/aromatic N) is 8. The van der Waals surface area contributed by atoms with Crippen molar-refractivity contribution in [2.24, 2.45) is 0 Å². The molecular weight excluding hydrogens is 1350 g/mol. The van der Waals surface area contributed by atoms with Crippen molar-refractivity contribution in [3.63, 3.8) is 0 Å². The molecule has 15 aromatic carbocycles. The average molecular weight is 1410 g/mol. The van der Waals surface area contributed by atoms with Gasteiger partial charge in [-0.3, -0.25) is 9.97 Å². The van der Waals surface area contributed by atoms with Crippen LogP contribution in [0.4, 0.5) is 0 Å². The number of fused-ring (bicyclic) bond motifs is 23. The number of hydrogen-bond donors (Lipinski definition) is 0. The summed E-state index contributed by atoms with van der Waals surface area (Å²) in [5, 5.41) is 17.9. The number of rotatable bonds is 8. The molecule has 0 atom stereocenters. The van der Waals surface area contributed by atoms with Gasteiger partial charge in [0, 0.05) is 129 Å². The van der Waals surface area contributed by atoms with Crippen molar-refractivity contribution >= 4 is 161 Å². The molecule has 0 N–H and O–H groups in total. The molecule has 10 heteroatoms. The fourth-order valence-corrected chi connectivity index (χ4v) is 19.1. The normalized spacial score (nSPS) is 11.9. The van der Waals surface area contributed by atoms with E-state index in [2.05, 4.69) is 325 Å². The van der Waals surface area contributed by atoms with E-state index >= 15 is 0 Å². The van der Waals surface area contributed by atoms with Crippen LogP contribution in [0.1, 0.15) is 0 Å². The van der Waals surface area contributed by atoms with Crippen LogP contribution in [0.2, 0.25) is 0 Å². The topological polar surface area (TPSA) is 87.2 Å². The third kappa shape index (κ3) is 9.88. The van der Waals surface area contributed by atoms with Crippen LogP contribution in [0.25, 0.3) is 217 Å². The van der Waals surface area contributed by atoms with Gasteiger partial charge in [-0.2, -0.15) is 0 Å². The van der Waals surface area contributed by atoms with Crippen LogP contribution in [0.15, 0.2) is 352 Å². The van der Waals surface area contributed by atoms with E-state index in [1.807, 2.05) is 59.3 Å². The first-order valence-corrected chi connectivity index (χ1v) is 37.9. The van der Waals surface area contributed by atoms with Gasteiger partial charge in [0.15, 0.2) is 11.6 Å². The molecule has 0 unspecified atom stereocenters. The first-order chi connectivity index (χ1) is 53.6. The van der Waals surface area contributed by atoms with E-state index in [1.54, 1.807) is 0 Å². The molecule has 0 aliphatic heterocycles. The Balaban J connectivity index is 0.000000135. The van der Waals surface area contributed by atoms with E-state index in [0.29, 0.717) is 11.6 Å². The summed E-state index contributed by atoms with van der Waals surface area (Å²) >= 11 is 3.78. The predicted octanol–water partition coefficient (Wildman–Crippen LogP) is 26.4. The molecule has 108 heavy (non-hydrogen) atoms. The van der Waals surface area contributed by atoms with Gasteiger partial charge in [-0.05, 0) is 154 Å². The Bertz CT molecular complexity index is 7550. The van der Waals surface area contributed by atoms with E-state index < -0.39 is 0 Å². The molecule has 8 heterocycles. The molecule has 502 valence electrons. The zero-order valence-corrected chi connectivity index (χ0v) is 59.5. The molecule has 0 aliphatic carbocycles. The molecule has 0 aliphatic rings. The molecule has 0 saturated heterocycles. The zero-order valence-electron chi connectivity index (χ0n) is 57.9. The highest BCUT2D eigenvalue weighted by atomic mass is 32.1. The fraction of sp³-hybridized carbons (Fsp3) is 0. The summed E-state index contributed by atoms with van der Waals surface area (Å²) in [6.45, 7) is 0. The van der Waals surface area contributed by atoms with Crippen LogP contribution in [0, 0.1) is 0 Å². The Morgan fingerprint density at radius 1 is 0.241 bits per heavy atom. The van der Waals surface area contributed by atoms with E-state index in [4.69, 9.17) is 29.9 Å². The quantitative estimate of drug-likeness (QED) is 0.151. The summed E-state index contributed by atoms with van der Waals surface area (Å²) in [5.41, 5.74) is 20.3. The van der Waals surface area contributed by atoms with Gasteiger partial charge in [0.25, 0.3) is 0 Å². The second kappa shape index (κ2) is 24.9.